The number of fused-ring (bicyclic) bond motifs is 2. The molecular formula is C20H20N4O2. The van der Waals surface area contributed by atoms with Crippen molar-refractivity contribution in [2.45, 2.75) is 37.5 Å². The summed E-state index contributed by atoms with van der Waals surface area (Å²) >= 11 is 0. The van der Waals surface area contributed by atoms with Gasteiger partial charge in [0.25, 0.3) is 0 Å². The summed E-state index contributed by atoms with van der Waals surface area (Å²) in [5.74, 6) is 1.62. The van der Waals surface area contributed by atoms with Gasteiger partial charge < -0.3 is 10.1 Å². The first-order chi connectivity index (χ1) is 12.7. The molecule has 132 valence electrons. The molecule has 2 aliphatic rings. The predicted octanol–water partition coefficient (Wildman–Crippen LogP) is 3.71. The number of methoxy groups -OCH3 is 1. The van der Waals surface area contributed by atoms with Gasteiger partial charge in [0.15, 0.2) is 5.82 Å². The number of ether oxygens (including phenoxy) is 1. The molecule has 1 saturated carbocycles. The normalized spacial score (nSPS) is 19.7. The number of benzene rings is 1. The predicted molar refractivity (Wildman–Crippen MR) is 98.6 cm³/mol. The van der Waals surface area contributed by atoms with E-state index >= 15 is 0 Å². The van der Waals surface area contributed by atoms with E-state index in [-0.39, 0.29) is 11.8 Å². The fourth-order valence-corrected chi connectivity index (χ4v) is 4.08. The van der Waals surface area contributed by atoms with Gasteiger partial charge in [0.1, 0.15) is 0 Å². The zero-order chi connectivity index (χ0) is 17.7. The number of carbonyl (C=O) groups is 1. The second-order valence-corrected chi connectivity index (χ2v) is 7.11. The Balaban J connectivity index is 1.70. The molecule has 0 bridgehead atoms. The third-order valence-electron chi connectivity index (χ3n) is 5.63. The Labute approximate surface area is 151 Å². The van der Waals surface area contributed by atoms with Gasteiger partial charge in [-0.05, 0) is 25.0 Å². The van der Waals surface area contributed by atoms with E-state index in [2.05, 4.69) is 26.6 Å². The molecule has 0 radical (unpaired) electrons. The quantitative estimate of drug-likeness (QED) is 0.756. The Hall–Kier alpha value is -2.89. The molecule has 1 amide bonds. The second kappa shape index (κ2) is 5.83. The molecule has 1 atom stereocenters. The SMILES string of the molecule is COc1nc2ccccc2cc1[C@@H]1CC(=O)Nc2n[nH]c(C3CCC3)c21. The summed E-state index contributed by atoms with van der Waals surface area (Å²) in [4.78, 5) is 17.0. The van der Waals surface area contributed by atoms with Crippen molar-refractivity contribution in [1.82, 2.24) is 15.2 Å². The molecule has 26 heavy (non-hydrogen) atoms. The van der Waals surface area contributed by atoms with Crippen molar-refractivity contribution < 1.29 is 9.53 Å². The number of para-hydroxylation sites is 1. The lowest BCUT2D eigenvalue weighted by molar-refractivity contribution is -0.116. The minimum atomic E-state index is -0.0971. The van der Waals surface area contributed by atoms with Crippen LogP contribution < -0.4 is 10.1 Å². The number of H-pyrrole nitrogens is 1. The summed E-state index contributed by atoms with van der Waals surface area (Å²) in [6, 6.07) is 10.1. The minimum Gasteiger partial charge on any atom is -0.481 e. The maximum absolute atomic E-state index is 12.3. The number of amides is 1. The van der Waals surface area contributed by atoms with E-state index < -0.39 is 0 Å². The molecule has 1 fully saturated rings. The number of hydrogen-bond acceptors (Lipinski definition) is 4. The number of anilines is 1. The van der Waals surface area contributed by atoms with Crippen LogP contribution in [0.2, 0.25) is 0 Å². The first kappa shape index (κ1) is 15.4. The molecule has 1 aliphatic carbocycles. The highest BCUT2D eigenvalue weighted by atomic mass is 16.5. The molecule has 3 heterocycles. The third kappa shape index (κ3) is 2.29. The van der Waals surface area contributed by atoms with Crippen molar-refractivity contribution in [3.8, 4) is 5.88 Å². The van der Waals surface area contributed by atoms with Crippen LogP contribution >= 0.6 is 0 Å². The lowest BCUT2D eigenvalue weighted by Gasteiger charge is -2.30. The highest BCUT2D eigenvalue weighted by molar-refractivity contribution is 5.95. The number of nitrogens with zero attached hydrogens (tertiary/aromatic N) is 2. The van der Waals surface area contributed by atoms with Gasteiger partial charge in [-0.15, -0.1) is 0 Å². The molecular weight excluding hydrogens is 328 g/mol. The summed E-state index contributed by atoms with van der Waals surface area (Å²) in [5.41, 5.74) is 4.10. The summed E-state index contributed by atoms with van der Waals surface area (Å²) in [6.45, 7) is 0. The van der Waals surface area contributed by atoms with E-state index in [4.69, 9.17) is 4.74 Å². The van der Waals surface area contributed by atoms with Crippen LogP contribution in [0.5, 0.6) is 5.88 Å². The van der Waals surface area contributed by atoms with E-state index in [1.54, 1.807) is 7.11 Å². The highest BCUT2D eigenvalue weighted by Gasteiger charge is 2.37. The van der Waals surface area contributed by atoms with Crippen LogP contribution in [0.15, 0.2) is 30.3 Å². The Morgan fingerprint density at radius 2 is 2.08 bits per heavy atom. The lowest BCUT2D eigenvalue weighted by Crippen LogP contribution is -2.25. The van der Waals surface area contributed by atoms with Crippen LogP contribution in [0.3, 0.4) is 0 Å². The summed E-state index contributed by atoms with van der Waals surface area (Å²) in [5, 5.41) is 11.5. The largest absolute Gasteiger partial charge is 0.481 e. The molecule has 1 aliphatic heterocycles. The molecule has 2 aromatic heterocycles. The van der Waals surface area contributed by atoms with E-state index in [0.717, 1.165) is 27.7 Å². The Morgan fingerprint density at radius 3 is 2.85 bits per heavy atom. The zero-order valence-corrected chi connectivity index (χ0v) is 14.6. The van der Waals surface area contributed by atoms with E-state index in [1.165, 1.54) is 19.3 Å². The summed E-state index contributed by atoms with van der Waals surface area (Å²) in [7, 11) is 1.63. The standard InChI is InChI=1S/C20H20N4O2/c1-26-20-14(9-12-5-2-3-8-15(12)21-20)13-10-16(25)22-19-17(13)18(23-24-19)11-6-4-7-11/h2-3,5,8-9,11,13H,4,6-7,10H2,1H3,(H2,22,23,24,25)/t13-/m0/s1. The number of aromatic amines is 1. The second-order valence-electron chi connectivity index (χ2n) is 7.11. The van der Waals surface area contributed by atoms with Gasteiger partial charge in [0, 0.05) is 40.5 Å². The van der Waals surface area contributed by atoms with Crippen LogP contribution in [0.1, 0.15) is 54.3 Å². The maximum atomic E-state index is 12.3. The fraction of sp³-hybridized carbons (Fsp3) is 0.350. The smallest absolute Gasteiger partial charge is 0.226 e. The van der Waals surface area contributed by atoms with E-state index in [1.807, 2.05) is 24.3 Å². The molecule has 0 spiro atoms. The van der Waals surface area contributed by atoms with Crippen molar-refractivity contribution in [2.75, 3.05) is 12.4 Å². The lowest BCUT2D eigenvalue weighted by atomic mass is 9.77. The number of aromatic nitrogens is 3. The van der Waals surface area contributed by atoms with Gasteiger partial charge in [0.05, 0.1) is 12.6 Å². The fourth-order valence-electron chi connectivity index (χ4n) is 4.08. The van der Waals surface area contributed by atoms with Crippen molar-refractivity contribution in [3.63, 3.8) is 0 Å². The van der Waals surface area contributed by atoms with Gasteiger partial charge >= 0.3 is 0 Å². The van der Waals surface area contributed by atoms with E-state index in [9.17, 15) is 4.79 Å². The van der Waals surface area contributed by atoms with Gasteiger partial charge in [-0.1, -0.05) is 24.6 Å². The van der Waals surface area contributed by atoms with Crippen LogP contribution in [0.25, 0.3) is 10.9 Å². The van der Waals surface area contributed by atoms with Crippen LogP contribution in [0, 0.1) is 0 Å². The Morgan fingerprint density at radius 1 is 1.23 bits per heavy atom. The van der Waals surface area contributed by atoms with Gasteiger partial charge in [0.2, 0.25) is 11.8 Å². The maximum Gasteiger partial charge on any atom is 0.226 e. The van der Waals surface area contributed by atoms with Crippen LogP contribution in [0.4, 0.5) is 5.82 Å². The number of nitrogens with one attached hydrogen (secondary N) is 2. The number of hydrogen-bond donors (Lipinski definition) is 2. The Kier molecular flexibility index (Phi) is 3.45. The third-order valence-corrected chi connectivity index (χ3v) is 5.63. The minimum absolute atomic E-state index is 0.0237. The highest BCUT2D eigenvalue weighted by Crippen LogP contribution is 2.47. The topological polar surface area (TPSA) is 79.9 Å². The van der Waals surface area contributed by atoms with E-state index in [0.29, 0.717) is 24.0 Å². The van der Waals surface area contributed by atoms with Gasteiger partial charge in [-0.3, -0.25) is 9.89 Å². The number of carbonyl (C=O) groups excluding carboxylic acids is 1. The van der Waals surface area contributed by atoms with Crippen LogP contribution in [-0.2, 0) is 4.79 Å². The molecule has 0 unspecified atom stereocenters. The number of pyridine rings is 1. The molecule has 2 N–H and O–H groups in total. The molecule has 6 heteroatoms. The summed E-state index contributed by atoms with van der Waals surface area (Å²) in [6.07, 6.45) is 3.96. The number of rotatable bonds is 3. The molecule has 5 rings (SSSR count). The Bertz CT molecular complexity index is 1010. The molecule has 6 nitrogen and oxygen atoms in total. The average Bonchev–Trinajstić information content (AvgIpc) is 3.01. The van der Waals surface area contributed by atoms with Crippen molar-refractivity contribution >= 4 is 22.6 Å². The van der Waals surface area contributed by atoms with Crippen LogP contribution in [-0.4, -0.2) is 28.2 Å². The zero-order valence-electron chi connectivity index (χ0n) is 14.6. The molecule has 0 saturated heterocycles. The molecule has 3 aromatic rings. The van der Waals surface area contributed by atoms with Crippen molar-refractivity contribution in [2.24, 2.45) is 0 Å². The monoisotopic (exact) mass is 348 g/mol. The van der Waals surface area contributed by atoms with Gasteiger partial charge in [-0.25, -0.2) is 4.98 Å². The van der Waals surface area contributed by atoms with Gasteiger partial charge in [-0.2, -0.15) is 5.10 Å². The van der Waals surface area contributed by atoms with Crippen molar-refractivity contribution in [1.29, 1.82) is 0 Å². The molecule has 1 aromatic carbocycles. The average molecular weight is 348 g/mol. The first-order valence-corrected chi connectivity index (χ1v) is 9.06. The first-order valence-electron chi connectivity index (χ1n) is 9.06. The summed E-state index contributed by atoms with van der Waals surface area (Å²) < 4.78 is 5.60. The van der Waals surface area contributed by atoms with Crippen molar-refractivity contribution in [3.05, 3.63) is 47.2 Å².